The van der Waals surface area contributed by atoms with Gasteiger partial charge in [-0.25, -0.2) is 0 Å². The molecule has 1 aromatic heterocycles. The van der Waals surface area contributed by atoms with Gasteiger partial charge in [-0.1, -0.05) is 18.2 Å². The highest BCUT2D eigenvalue weighted by Crippen LogP contribution is 2.20. The summed E-state index contributed by atoms with van der Waals surface area (Å²) in [6, 6.07) is 9.51. The van der Waals surface area contributed by atoms with E-state index in [4.69, 9.17) is 4.52 Å². The highest BCUT2D eigenvalue weighted by molar-refractivity contribution is 5.73. The van der Waals surface area contributed by atoms with E-state index in [1.54, 1.807) is 4.90 Å². The normalized spacial score (nSPS) is 19.1. The molecule has 1 aliphatic heterocycles. The van der Waals surface area contributed by atoms with Gasteiger partial charge < -0.3 is 19.4 Å². The fourth-order valence-electron chi connectivity index (χ4n) is 2.50. The van der Waals surface area contributed by atoms with Gasteiger partial charge in [-0.2, -0.15) is 4.98 Å². The minimum Gasteiger partial charge on any atom is -0.389 e. The molecule has 2 heterocycles. The van der Waals surface area contributed by atoms with Gasteiger partial charge in [-0.15, -0.1) is 0 Å². The molecule has 3 rings (SSSR count). The molecule has 0 aliphatic carbocycles. The van der Waals surface area contributed by atoms with Crippen molar-refractivity contribution in [1.29, 1.82) is 0 Å². The molecular formula is C15H18N4O3. The average Bonchev–Trinajstić information content (AvgIpc) is 2.92. The van der Waals surface area contributed by atoms with Crippen molar-refractivity contribution in [2.45, 2.75) is 13.0 Å². The average molecular weight is 302 g/mol. The van der Waals surface area contributed by atoms with E-state index in [9.17, 15) is 9.90 Å². The highest BCUT2D eigenvalue weighted by atomic mass is 16.5. The van der Waals surface area contributed by atoms with Crippen molar-refractivity contribution in [3.63, 3.8) is 0 Å². The number of amides is 1. The van der Waals surface area contributed by atoms with Crippen molar-refractivity contribution in [2.75, 3.05) is 31.1 Å². The molecule has 1 fully saturated rings. The largest absolute Gasteiger partial charge is 0.389 e. The number of nitrogens with zero attached hydrogens (tertiary/aromatic N) is 4. The molecular weight excluding hydrogens is 284 g/mol. The van der Waals surface area contributed by atoms with Gasteiger partial charge in [0.15, 0.2) is 0 Å². The Hall–Kier alpha value is -2.41. The van der Waals surface area contributed by atoms with Crippen molar-refractivity contribution in [1.82, 2.24) is 15.0 Å². The first-order chi connectivity index (χ1) is 10.6. The van der Waals surface area contributed by atoms with E-state index in [1.165, 1.54) is 6.92 Å². The fraction of sp³-hybridized carbons (Fsp3) is 0.400. The van der Waals surface area contributed by atoms with Crippen molar-refractivity contribution >= 4 is 11.9 Å². The Morgan fingerprint density at radius 2 is 2.05 bits per heavy atom. The summed E-state index contributed by atoms with van der Waals surface area (Å²) in [7, 11) is 0. The topological polar surface area (TPSA) is 82.7 Å². The summed E-state index contributed by atoms with van der Waals surface area (Å²) in [4.78, 5) is 19.3. The molecule has 2 aromatic rings. The third kappa shape index (κ3) is 3.09. The van der Waals surface area contributed by atoms with E-state index in [2.05, 4.69) is 10.1 Å². The van der Waals surface area contributed by atoms with Crippen LogP contribution in [0.5, 0.6) is 0 Å². The Labute approximate surface area is 128 Å². The molecule has 1 atom stereocenters. The first-order valence-electron chi connectivity index (χ1n) is 7.21. The number of hydrogen-bond donors (Lipinski definition) is 1. The summed E-state index contributed by atoms with van der Waals surface area (Å²) >= 11 is 0. The number of benzene rings is 1. The third-order valence-corrected chi connectivity index (χ3v) is 3.67. The van der Waals surface area contributed by atoms with Crippen LogP contribution in [0.1, 0.15) is 6.92 Å². The smallest absolute Gasteiger partial charge is 0.266 e. The number of aliphatic hydroxyl groups is 1. The van der Waals surface area contributed by atoms with Gasteiger partial charge in [-0.3, -0.25) is 4.79 Å². The summed E-state index contributed by atoms with van der Waals surface area (Å²) in [6.45, 7) is 3.29. The van der Waals surface area contributed by atoms with E-state index in [1.807, 2.05) is 35.2 Å². The third-order valence-electron chi connectivity index (χ3n) is 3.67. The van der Waals surface area contributed by atoms with Crippen LogP contribution in [0.15, 0.2) is 34.9 Å². The molecule has 0 spiro atoms. The first kappa shape index (κ1) is 14.5. The van der Waals surface area contributed by atoms with E-state index in [-0.39, 0.29) is 5.91 Å². The van der Waals surface area contributed by atoms with Crippen LogP contribution in [0.2, 0.25) is 0 Å². The lowest BCUT2D eigenvalue weighted by molar-refractivity contribution is -0.129. The van der Waals surface area contributed by atoms with Crippen LogP contribution in [0, 0.1) is 0 Å². The van der Waals surface area contributed by atoms with Gasteiger partial charge in [0.1, 0.15) is 0 Å². The van der Waals surface area contributed by atoms with Crippen LogP contribution in [0.4, 0.5) is 5.95 Å². The molecule has 0 radical (unpaired) electrons. The molecule has 1 aromatic carbocycles. The second-order valence-corrected chi connectivity index (χ2v) is 5.33. The van der Waals surface area contributed by atoms with Crippen LogP contribution in [0.25, 0.3) is 11.5 Å². The number of β-amino-alcohol motifs (C(OH)–C–C–N with tert-alkyl or cyclic N) is 1. The fourth-order valence-corrected chi connectivity index (χ4v) is 2.50. The van der Waals surface area contributed by atoms with Crippen LogP contribution < -0.4 is 4.90 Å². The Morgan fingerprint density at radius 1 is 1.27 bits per heavy atom. The first-order valence-corrected chi connectivity index (χ1v) is 7.21. The monoisotopic (exact) mass is 302 g/mol. The van der Waals surface area contributed by atoms with Gasteiger partial charge in [0.25, 0.3) is 11.8 Å². The van der Waals surface area contributed by atoms with Crippen molar-refractivity contribution in [3.05, 3.63) is 30.3 Å². The maximum Gasteiger partial charge on any atom is 0.266 e. The van der Waals surface area contributed by atoms with E-state index in [0.29, 0.717) is 38.0 Å². The number of hydrogen-bond acceptors (Lipinski definition) is 6. The number of carbonyl (C=O) groups is 1. The lowest BCUT2D eigenvalue weighted by Gasteiger charge is -2.19. The quantitative estimate of drug-likeness (QED) is 0.882. The summed E-state index contributed by atoms with van der Waals surface area (Å²) in [5, 5.41) is 14.0. The van der Waals surface area contributed by atoms with Gasteiger partial charge >= 0.3 is 0 Å². The molecule has 0 bridgehead atoms. The zero-order chi connectivity index (χ0) is 15.5. The zero-order valence-electron chi connectivity index (χ0n) is 12.3. The van der Waals surface area contributed by atoms with Gasteiger partial charge in [0, 0.05) is 38.7 Å². The minimum atomic E-state index is -0.634. The predicted molar refractivity (Wildman–Crippen MR) is 80.2 cm³/mol. The molecule has 22 heavy (non-hydrogen) atoms. The summed E-state index contributed by atoms with van der Waals surface area (Å²) < 4.78 is 5.29. The summed E-state index contributed by atoms with van der Waals surface area (Å²) in [6.07, 6.45) is -0.634. The van der Waals surface area contributed by atoms with Crippen LogP contribution in [0.3, 0.4) is 0 Å². The molecule has 1 amide bonds. The van der Waals surface area contributed by atoms with Crippen LogP contribution in [-0.4, -0.2) is 58.3 Å². The van der Waals surface area contributed by atoms with E-state index < -0.39 is 6.10 Å². The van der Waals surface area contributed by atoms with E-state index >= 15 is 0 Å². The number of aliphatic hydroxyl groups excluding tert-OH is 1. The summed E-state index contributed by atoms with van der Waals surface area (Å²) in [5.41, 5.74) is 0.849. The van der Waals surface area contributed by atoms with Crippen LogP contribution >= 0.6 is 0 Å². The Balaban J connectivity index is 1.77. The standard InChI is InChI=1S/C15H18N4O3/c1-11(20)18-7-8-19(10-13(21)9-18)15-16-14(22-17-15)12-5-3-2-4-6-12/h2-6,13,21H,7-10H2,1H3/t13-/m1/s1. The lowest BCUT2D eigenvalue weighted by atomic mass is 10.2. The van der Waals surface area contributed by atoms with Crippen molar-refractivity contribution in [2.24, 2.45) is 0 Å². The van der Waals surface area contributed by atoms with Crippen molar-refractivity contribution < 1.29 is 14.4 Å². The van der Waals surface area contributed by atoms with Gasteiger partial charge in [0.05, 0.1) is 6.10 Å². The second kappa shape index (κ2) is 6.15. The number of anilines is 1. The second-order valence-electron chi connectivity index (χ2n) is 5.33. The molecule has 1 N–H and O–H groups in total. The maximum atomic E-state index is 11.5. The Kier molecular flexibility index (Phi) is 4.06. The lowest BCUT2D eigenvalue weighted by Crippen LogP contribution is -2.36. The molecule has 1 aliphatic rings. The van der Waals surface area contributed by atoms with E-state index in [0.717, 1.165) is 5.56 Å². The predicted octanol–water partition coefficient (Wildman–Crippen LogP) is 0.766. The molecule has 0 saturated carbocycles. The number of rotatable bonds is 2. The minimum absolute atomic E-state index is 0.0426. The molecule has 0 unspecified atom stereocenters. The SMILES string of the molecule is CC(=O)N1CCN(c2noc(-c3ccccc3)n2)C[C@H](O)C1. The molecule has 1 saturated heterocycles. The number of carbonyl (C=O) groups excluding carboxylic acids is 1. The Bertz CT molecular complexity index is 643. The molecule has 7 nitrogen and oxygen atoms in total. The highest BCUT2D eigenvalue weighted by Gasteiger charge is 2.25. The molecule has 116 valence electrons. The molecule has 7 heteroatoms. The zero-order valence-corrected chi connectivity index (χ0v) is 12.3. The maximum absolute atomic E-state index is 11.5. The number of aromatic nitrogens is 2. The van der Waals surface area contributed by atoms with Crippen LogP contribution in [-0.2, 0) is 4.79 Å². The van der Waals surface area contributed by atoms with Crippen molar-refractivity contribution in [3.8, 4) is 11.5 Å². The van der Waals surface area contributed by atoms with Gasteiger partial charge in [-0.05, 0) is 17.3 Å². The Morgan fingerprint density at radius 3 is 2.77 bits per heavy atom. The van der Waals surface area contributed by atoms with Gasteiger partial charge in [0.2, 0.25) is 5.91 Å². The summed E-state index contributed by atoms with van der Waals surface area (Å²) in [5.74, 6) is 0.833.